The molecule has 0 N–H and O–H groups in total. The Labute approximate surface area is 129 Å². The van der Waals surface area contributed by atoms with Crippen LogP contribution in [0.1, 0.15) is 15.9 Å². The lowest BCUT2D eigenvalue weighted by molar-refractivity contribution is 0.418. The van der Waals surface area contributed by atoms with Crippen molar-refractivity contribution < 1.29 is 4.74 Å². The van der Waals surface area contributed by atoms with Crippen LogP contribution < -0.4 is 4.74 Å². The SMILES string of the molecule is COc1ccsc1-c1nnc(C(Cl)c2ccccc2)s1. The standard InChI is InChI=1S/C14H11ClN2OS2/c1-18-10-7-8-19-12(10)14-17-16-13(20-14)11(15)9-5-3-2-4-6-9/h2-8,11H,1H3. The molecule has 1 atom stereocenters. The molecule has 0 fully saturated rings. The second kappa shape index (κ2) is 5.91. The molecule has 3 aromatic rings. The Morgan fingerprint density at radius 1 is 1.15 bits per heavy atom. The second-order valence-corrected chi connectivity index (χ2v) is 6.40. The molecule has 0 aliphatic heterocycles. The van der Waals surface area contributed by atoms with Gasteiger partial charge >= 0.3 is 0 Å². The van der Waals surface area contributed by atoms with Crippen LogP contribution in [0.25, 0.3) is 9.88 Å². The first-order valence-electron chi connectivity index (χ1n) is 5.94. The summed E-state index contributed by atoms with van der Waals surface area (Å²) in [7, 11) is 1.65. The molecule has 1 unspecified atom stereocenters. The minimum Gasteiger partial charge on any atom is -0.495 e. The largest absolute Gasteiger partial charge is 0.495 e. The predicted molar refractivity (Wildman–Crippen MR) is 83.9 cm³/mol. The van der Waals surface area contributed by atoms with Crippen LogP contribution in [0.5, 0.6) is 5.75 Å². The fourth-order valence-corrected chi connectivity index (χ4v) is 3.93. The van der Waals surface area contributed by atoms with Crippen molar-refractivity contribution in [1.29, 1.82) is 0 Å². The predicted octanol–water partition coefficient (Wildman–Crippen LogP) is 4.60. The van der Waals surface area contributed by atoms with Crippen LogP contribution in [0, 0.1) is 0 Å². The minimum absolute atomic E-state index is 0.270. The third-order valence-electron chi connectivity index (χ3n) is 2.79. The van der Waals surface area contributed by atoms with Crippen molar-refractivity contribution in [3.63, 3.8) is 0 Å². The van der Waals surface area contributed by atoms with Gasteiger partial charge in [-0.2, -0.15) is 0 Å². The number of ether oxygens (including phenoxy) is 1. The lowest BCUT2D eigenvalue weighted by atomic mass is 10.1. The summed E-state index contributed by atoms with van der Waals surface area (Å²) in [5, 5.41) is 11.8. The molecule has 102 valence electrons. The fourth-order valence-electron chi connectivity index (χ4n) is 1.81. The Kier molecular flexibility index (Phi) is 4.00. The molecule has 3 nitrogen and oxygen atoms in total. The van der Waals surface area contributed by atoms with E-state index in [1.54, 1.807) is 18.4 Å². The van der Waals surface area contributed by atoms with E-state index in [1.807, 2.05) is 41.8 Å². The normalized spacial score (nSPS) is 12.3. The first-order valence-corrected chi connectivity index (χ1v) is 8.07. The number of thiophene rings is 1. The first kappa shape index (κ1) is 13.5. The highest BCUT2D eigenvalue weighted by Crippen LogP contribution is 2.39. The summed E-state index contributed by atoms with van der Waals surface area (Å²) in [5.41, 5.74) is 1.02. The summed E-state index contributed by atoms with van der Waals surface area (Å²) in [6.45, 7) is 0. The van der Waals surface area contributed by atoms with E-state index >= 15 is 0 Å². The molecule has 0 saturated heterocycles. The summed E-state index contributed by atoms with van der Waals surface area (Å²) in [5.74, 6) is 0.823. The van der Waals surface area contributed by atoms with Crippen LogP contribution in [0.15, 0.2) is 41.8 Å². The molecule has 0 bridgehead atoms. The molecule has 3 rings (SSSR count). The molecule has 1 aromatic carbocycles. The zero-order chi connectivity index (χ0) is 13.9. The smallest absolute Gasteiger partial charge is 0.161 e. The number of nitrogens with zero attached hydrogens (tertiary/aromatic N) is 2. The van der Waals surface area contributed by atoms with Crippen molar-refractivity contribution in [2.75, 3.05) is 7.11 Å². The molecular weight excluding hydrogens is 312 g/mol. The van der Waals surface area contributed by atoms with Gasteiger partial charge in [-0.25, -0.2) is 0 Å². The van der Waals surface area contributed by atoms with E-state index in [2.05, 4.69) is 10.2 Å². The Morgan fingerprint density at radius 2 is 1.95 bits per heavy atom. The highest BCUT2D eigenvalue weighted by molar-refractivity contribution is 7.21. The van der Waals surface area contributed by atoms with Gasteiger partial charge in [0.15, 0.2) is 5.01 Å². The molecule has 20 heavy (non-hydrogen) atoms. The highest BCUT2D eigenvalue weighted by atomic mass is 35.5. The quantitative estimate of drug-likeness (QED) is 0.658. The number of alkyl halides is 1. The van der Waals surface area contributed by atoms with E-state index < -0.39 is 0 Å². The number of hydrogen-bond acceptors (Lipinski definition) is 5. The van der Waals surface area contributed by atoms with Gasteiger partial charge in [0, 0.05) is 0 Å². The van der Waals surface area contributed by atoms with Gasteiger partial charge in [-0.15, -0.1) is 33.1 Å². The summed E-state index contributed by atoms with van der Waals surface area (Å²) < 4.78 is 5.31. The maximum atomic E-state index is 6.46. The number of methoxy groups -OCH3 is 1. The van der Waals surface area contributed by atoms with E-state index in [9.17, 15) is 0 Å². The monoisotopic (exact) mass is 322 g/mol. The number of halogens is 1. The van der Waals surface area contributed by atoms with Crippen molar-refractivity contribution >= 4 is 34.3 Å². The van der Waals surface area contributed by atoms with Gasteiger partial charge in [0.2, 0.25) is 0 Å². The van der Waals surface area contributed by atoms with Crippen LogP contribution in [-0.4, -0.2) is 17.3 Å². The van der Waals surface area contributed by atoms with Crippen molar-refractivity contribution in [2.45, 2.75) is 5.38 Å². The van der Waals surface area contributed by atoms with E-state index in [4.69, 9.17) is 16.3 Å². The molecule has 0 aliphatic rings. The molecule has 0 saturated carbocycles. The molecule has 0 spiro atoms. The van der Waals surface area contributed by atoms with Crippen molar-refractivity contribution in [1.82, 2.24) is 10.2 Å². The number of rotatable bonds is 4. The second-order valence-electron chi connectivity index (χ2n) is 4.04. The van der Waals surface area contributed by atoms with Gasteiger partial charge < -0.3 is 4.74 Å². The fraction of sp³-hybridized carbons (Fsp3) is 0.143. The zero-order valence-corrected chi connectivity index (χ0v) is 13.0. The van der Waals surface area contributed by atoms with Gasteiger partial charge in [-0.1, -0.05) is 41.7 Å². The lowest BCUT2D eigenvalue weighted by Crippen LogP contribution is -1.91. The highest BCUT2D eigenvalue weighted by Gasteiger charge is 2.19. The molecular formula is C14H11ClN2OS2. The third-order valence-corrected chi connectivity index (χ3v) is 5.42. The van der Waals surface area contributed by atoms with Gasteiger partial charge in [-0.05, 0) is 17.0 Å². The van der Waals surface area contributed by atoms with Gasteiger partial charge in [0.25, 0.3) is 0 Å². The van der Waals surface area contributed by atoms with Crippen LogP contribution in [-0.2, 0) is 0 Å². The minimum atomic E-state index is -0.270. The Hall–Kier alpha value is -1.43. The van der Waals surface area contributed by atoms with Crippen LogP contribution in [0.4, 0.5) is 0 Å². The zero-order valence-electron chi connectivity index (χ0n) is 10.6. The van der Waals surface area contributed by atoms with Crippen LogP contribution in [0.3, 0.4) is 0 Å². The van der Waals surface area contributed by atoms with Gasteiger partial charge in [-0.3, -0.25) is 0 Å². The topological polar surface area (TPSA) is 35.0 Å². The molecule has 2 heterocycles. The lowest BCUT2D eigenvalue weighted by Gasteiger charge is -2.04. The van der Waals surface area contributed by atoms with E-state index in [0.29, 0.717) is 0 Å². The average molecular weight is 323 g/mol. The number of hydrogen-bond donors (Lipinski definition) is 0. The summed E-state index contributed by atoms with van der Waals surface area (Å²) in [6, 6.07) is 11.8. The Balaban J connectivity index is 1.91. The Bertz CT molecular complexity index is 696. The average Bonchev–Trinajstić information content (AvgIpc) is 3.15. The molecule has 6 heteroatoms. The molecule has 0 amide bonds. The van der Waals surface area contributed by atoms with E-state index in [-0.39, 0.29) is 5.38 Å². The van der Waals surface area contributed by atoms with Crippen LogP contribution in [0.2, 0.25) is 0 Å². The first-order chi connectivity index (χ1) is 9.79. The number of aromatic nitrogens is 2. The maximum Gasteiger partial charge on any atom is 0.161 e. The van der Waals surface area contributed by atoms with Crippen molar-refractivity contribution in [3.05, 3.63) is 52.3 Å². The van der Waals surface area contributed by atoms with E-state index in [0.717, 1.165) is 26.2 Å². The molecule has 2 aromatic heterocycles. The Morgan fingerprint density at radius 3 is 2.70 bits per heavy atom. The van der Waals surface area contributed by atoms with E-state index in [1.165, 1.54) is 11.3 Å². The van der Waals surface area contributed by atoms with Crippen LogP contribution >= 0.6 is 34.3 Å². The summed E-state index contributed by atoms with van der Waals surface area (Å²) >= 11 is 9.55. The third kappa shape index (κ3) is 2.57. The molecule has 0 aliphatic carbocycles. The van der Waals surface area contributed by atoms with Gasteiger partial charge in [0.05, 0.1) is 7.11 Å². The maximum absolute atomic E-state index is 6.46. The van der Waals surface area contributed by atoms with Crippen molar-refractivity contribution in [2.24, 2.45) is 0 Å². The van der Waals surface area contributed by atoms with Crippen molar-refractivity contribution in [3.8, 4) is 15.6 Å². The summed E-state index contributed by atoms with van der Waals surface area (Å²) in [6.07, 6.45) is 0. The molecule has 0 radical (unpaired) electrons. The number of benzene rings is 1. The van der Waals surface area contributed by atoms with Gasteiger partial charge in [0.1, 0.15) is 21.0 Å². The summed E-state index contributed by atoms with van der Waals surface area (Å²) in [4.78, 5) is 0.994.